The van der Waals surface area contributed by atoms with Crippen LogP contribution < -0.4 is 4.72 Å². The number of alkyl halides is 3. The molecule has 4 nitrogen and oxygen atoms in total. The quantitative estimate of drug-likeness (QED) is 0.399. The van der Waals surface area contributed by atoms with Gasteiger partial charge in [0, 0.05) is 28.1 Å². The van der Waals surface area contributed by atoms with Crippen molar-refractivity contribution in [2.45, 2.75) is 21.7 Å². The Morgan fingerprint density at radius 3 is 2.50 bits per heavy atom. The minimum Gasteiger partial charge on any atom is -0.278 e. The topological polar surface area (TPSA) is 59.1 Å². The zero-order valence-corrected chi connectivity index (χ0v) is 18.1. The van der Waals surface area contributed by atoms with Crippen LogP contribution in [-0.2, 0) is 22.0 Å². The molecule has 30 heavy (non-hydrogen) atoms. The van der Waals surface area contributed by atoms with E-state index >= 15 is 0 Å². The lowest BCUT2D eigenvalue weighted by molar-refractivity contribution is -0.137. The third kappa shape index (κ3) is 5.40. The van der Waals surface area contributed by atoms with E-state index < -0.39 is 31.7 Å². The third-order valence-electron chi connectivity index (χ3n) is 3.86. The molecule has 0 saturated heterocycles. The Morgan fingerprint density at radius 2 is 1.83 bits per heavy atom. The number of pyridine rings is 1. The van der Waals surface area contributed by atoms with Crippen molar-refractivity contribution >= 4 is 50.7 Å². The summed E-state index contributed by atoms with van der Waals surface area (Å²) in [7, 11) is -4.42. The van der Waals surface area contributed by atoms with E-state index in [0.29, 0.717) is 10.6 Å². The first-order chi connectivity index (χ1) is 14.1. The second kappa shape index (κ2) is 9.05. The highest BCUT2D eigenvalue weighted by atomic mass is 35.5. The van der Waals surface area contributed by atoms with Crippen molar-refractivity contribution in [3.8, 4) is 0 Å². The van der Waals surface area contributed by atoms with Crippen LogP contribution >= 0.6 is 35.0 Å². The zero-order chi connectivity index (χ0) is 21.9. The number of nitrogens with one attached hydrogen (secondary N) is 1. The Kier molecular flexibility index (Phi) is 6.86. The van der Waals surface area contributed by atoms with Crippen molar-refractivity contribution in [3.05, 3.63) is 82.1 Å². The van der Waals surface area contributed by atoms with Crippen LogP contribution in [0.1, 0.15) is 11.1 Å². The van der Waals surface area contributed by atoms with E-state index in [0.717, 1.165) is 23.8 Å². The van der Waals surface area contributed by atoms with Gasteiger partial charge in [0.2, 0.25) is 0 Å². The minimum absolute atomic E-state index is 0.130. The number of thioether (sulfide) groups is 1. The second-order valence-corrected chi connectivity index (χ2v) is 9.49. The van der Waals surface area contributed by atoms with Gasteiger partial charge in [0.15, 0.2) is 0 Å². The largest absolute Gasteiger partial charge is 0.417 e. The Balaban J connectivity index is 1.93. The van der Waals surface area contributed by atoms with Crippen molar-refractivity contribution in [3.63, 3.8) is 0 Å². The molecule has 0 aliphatic carbocycles. The fraction of sp³-hybridized carbons (Fsp3) is 0.105. The second-order valence-electron chi connectivity index (χ2n) is 6.01. The van der Waals surface area contributed by atoms with Gasteiger partial charge in [0.1, 0.15) is 4.90 Å². The average molecular weight is 493 g/mol. The van der Waals surface area contributed by atoms with Crippen molar-refractivity contribution in [1.29, 1.82) is 0 Å². The van der Waals surface area contributed by atoms with Gasteiger partial charge in [0.25, 0.3) is 10.0 Å². The van der Waals surface area contributed by atoms with Crippen LogP contribution in [0.4, 0.5) is 18.9 Å². The molecule has 0 radical (unpaired) electrons. The number of halogens is 5. The molecule has 1 N–H and O–H groups in total. The van der Waals surface area contributed by atoms with Gasteiger partial charge in [0.05, 0.1) is 16.3 Å². The van der Waals surface area contributed by atoms with Gasteiger partial charge >= 0.3 is 6.18 Å². The number of hydrogen-bond acceptors (Lipinski definition) is 4. The van der Waals surface area contributed by atoms with Crippen molar-refractivity contribution in [2.24, 2.45) is 0 Å². The van der Waals surface area contributed by atoms with Crippen LogP contribution in [0, 0.1) is 0 Å². The van der Waals surface area contributed by atoms with Crippen molar-refractivity contribution in [1.82, 2.24) is 4.98 Å². The lowest BCUT2D eigenvalue weighted by Crippen LogP contribution is -2.16. The Labute approximate surface area is 185 Å². The van der Waals surface area contributed by atoms with Gasteiger partial charge in [-0.3, -0.25) is 9.71 Å². The number of benzene rings is 2. The molecule has 1 heterocycles. The molecule has 0 aliphatic rings. The van der Waals surface area contributed by atoms with Crippen LogP contribution in [0.3, 0.4) is 0 Å². The van der Waals surface area contributed by atoms with Gasteiger partial charge in [-0.2, -0.15) is 13.2 Å². The number of sulfonamides is 1. The summed E-state index contributed by atoms with van der Waals surface area (Å²) in [6.07, 6.45) is -1.48. The highest BCUT2D eigenvalue weighted by molar-refractivity contribution is 7.98. The molecule has 0 fully saturated rings. The molecule has 0 unspecified atom stereocenters. The van der Waals surface area contributed by atoms with Crippen LogP contribution in [0.2, 0.25) is 10.0 Å². The summed E-state index contributed by atoms with van der Waals surface area (Å²) in [5.74, 6) is 0.495. The fourth-order valence-corrected chi connectivity index (χ4v) is 5.36. The molecule has 0 bridgehead atoms. The predicted octanol–water partition coefficient (Wildman–Crippen LogP) is 6.50. The summed E-state index contributed by atoms with van der Waals surface area (Å²) < 4.78 is 67.2. The average Bonchev–Trinajstić information content (AvgIpc) is 2.67. The number of aromatic nitrogens is 1. The van der Waals surface area contributed by atoms with E-state index in [1.54, 1.807) is 30.6 Å². The maximum absolute atomic E-state index is 13.1. The van der Waals surface area contributed by atoms with E-state index in [9.17, 15) is 21.6 Å². The number of rotatable bonds is 6. The molecule has 1 aromatic heterocycles. The van der Waals surface area contributed by atoms with Gasteiger partial charge in [-0.25, -0.2) is 8.42 Å². The van der Waals surface area contributed by atoms with Gasteiger partial charge in [-0.1, -0.05) is 35.3 Å². The first-order valence-electron chi connectivity index (χ1n) is 8.28. The molecule has 0 saturated carbocycles. The molecule has 0 atom stereocenters. The summed E-state index contributed by atoms with van der Waals surface area (Å²) in [6.45, 7) is 0. The Bertz CT molecular complexity index is 1160. The standard InChI is InChI=1S/C19H13Cl2F3N2O2S2/c20-13-6-7-16(29-11-12-3-2-8-25-10-12)15(9-13)26-30(27,28)17-5-1-4-14(18(17)21)19(22,23)24/h1-10,26H,11H2. The van der Waals surface area contributed by atoms with E-state index in [4.69, 9.17) is 23.2 Å². The smallest absolute Gasteiger partial charge is 0.278 e. The number of anilines is 1. The van der Waals surface area contributed by atoms with E-state index in [2.05, 4.69) is 9.71 Å². The molecular formula is C19H13Cl2F3N2O2S2. The van der Waals surface area contributed by atoms with Gasteiger partial charge in [-0.15, -0.1) is 11.8 Å². The summed E-state index contributed by atoms with van der Waals surface area (Å²) in [4.78, 5) is 3.88. The summed E-state index contributed by atoms with van der Waals surface area (Å²) in [5, 5.41) is -0.641. The molecule has 0 amide bonds. The first kappa shape index (κ1) is 22.7. The molecule has 11 heteroatoms. The summed E-state index contributed by atoms with van der Waals surface area (Å²) >= 11 is 13.1. The molecule has 3 rings (SSSR count). The molecule has 0 spiro atoms. The fourth-order valence-electron chi connectivity index (χ4n) is 2.49. The van der Waals surface area contributed by atoms with Crippen LogP contribution in [0.25, 0.3) is 0 Å². The molecule has 2 aromatic carbocycles. The number of hydrogen-bond donors (Lipinski definition) is 1. The first-order valence-corrected chi connectivity index (χ1v) is 11.5. The SMILES string of the molecule is O=S(=O)(Nc1cc(Cl)ccc1SCc1cccnc1)c1cccc(C(F)(F)F)c1Cl. The van der Waals surface area contributed by atoms with Crippen LogP contribution in [0.15, 0.2) is 70.7 Å². The zero-order valence-electron chi connectivity index (χ0n) is 15.0. The van der Waals surface area contributed by atoms with Crippen LogP contribution in [-0.4, -0.2) is 13.4 Å². The number of nitrogens with zero attached hydrogens (tertiary/aromatic N) is 1. The van der Waals surface area contributed by atoms with E-state index in [-0.39, 0.29) is 10.7 Å². The summed E-state index contributed by atoms with van der Waals surface area (Å²) in [5.41, 5.74) is -0.193. The monoisotopic (exact) mass is 492 g/mol. The maximum atomic E-state index is 13.1. The third-order valence-corrected chi connectivity index (χ3v) is 7.17. The van der Waals surface area contributed by atoms with E-state index in [1.807, 2.05) is 6.07 Å². The Hall–Kier alpha value is -1.94. The van der Waals surface area contributed by atoms with Crippen molar-refractivity contribution < 1.29 is 21.6 Å². The summed E-state index contributed by atoms with van der Waals surface area (Å²) in [6, 6.07) is 10.9. The van der Waals surface area contributed by atoms with E-state index in [1.165, 1.54) is 17.8 Å². The highest BCUT2D eigenvalue weighted by Crippen LogP contribution is 2.39. The predicted molar refractivity (Wildman–Crippen MR) is 113 cm³/mol. The maximum Gasteiger partial charge on any atom is 0.417 e. The Morgan fingerprint density at radius 1 is 1.07 bits per heavy atom. The van der Waals surface area contributed by atoms with Crippen molar-refractivity contribution in [2.75, 3.05) is 4.72 Å². The highest BCUT2D eigenvalue weighted by Gasteiger charge is 2.35. The molecule has 3 aromatic rings. The minimum atomic E-state index is -4.79. The lowest BCUT2D eigenvalue weighted by Gasteiger charge is -2.16. The molecular weight excluding hydrogens is 480 g/mol. The van der Waals surface area contributed by atoms with Gasteiger partial charge < -0.3 is 0 Å². The van der Waals surface area contributed by atoms with Gasteiger partial charge in [-0.05, 0) is 42.0 Å². The van der Waals surface area contributed by atoms with Crippen LogP contribution in [0.5, 0.6) is 0 Å². The normalized spacial score (nSPS) is 12.0. The molecule has 158 valence electrons. The lowest BCUT2D eigenvalue weighted by atomic mass is 10.2. The molecule has 0 aliphatic heterocycles.